The van der Waals surface area contributed by atoms with Crippen molar-refractivity contribution in [2.24, 2.45) is 4.99 Å². The molecular formula is C21H22ClIN4. The Morgan fingerprint density at radius 2 is 1.63 bits per heavy atom. The molecule has 0 spiro atoms. The quantitative estimate of drug-likeness (QED) is 0.303. The third kappa shape index (κ3) is 6.22. The van der Waals surface area contributed by atoms with Crippen molar-refractivity contribution in [3.05, 3.63) is 89.2 Å². The summed E-state index contributed by atoms with van der Waals surface area (Å²) in [6.45, 7) is 1.29. The summed E-state index contributed by atoms with van der Waals surface area (Å²) in [4.78, 5) is 8.59. The van der Waals surface area contributed by atoms with E-state index in [0.29, 0.717) is 13.1 Å². The molecule has 6 heteroatoms. The summed E-state index contributed by atoms with van der Waals surface area (Å²) in [6, 6.07) is 22.1. The van der Waals surface area contributed by atoms with Crippen molar-refractivity contribution < 1.29 is 0 Å². The van der Waals surface area contributed by atoms with E-state index in [4.69, 9.17) is 11.6 Å². The van der Waals surface area contributed by atoms with Gasteiger partial charge >= 0.3 is 0 Å². The second-order valence-electron chi connectivity index (χ2n) is 5.76. The number of nitrogens with zero attached hydrogens (tertiary/aromatic N) is 2. The Morgan fingerprint density at radius 1 is 0.926 bits per heavy atom. The van der Waals surface area contributed by atoms with Crippen LogP contribution in [0.2, 0.25) is 5.02 Å². The van der Waals surface area contributed by atoms with Gasteiger partial charge in [-0.2, -0.15) is 0 Å². The van der Waals surface area contributed by atoms with E-state index in [0.717, 1.165) is 22.2 Å². The van der Waals surface area contributed by atoms with Crippen molar-refractivity contribution in [1.29, 1.82) is 0 Å². The highest BCUT2D eigenvalue weighted by Crippen LogP contribution is 2.25. The Kier molecular flexibility index (Phi) is 8.54. The van der Waals surface area contributed by atoms with Gasteiger partial charge in [0.05, 0.1) is 12.2 Å². The number of nitrogens with one attached hydrogen (secondary N) is 2. The van der Waals surface area contributed by atoms with E-state index in [9.17, 15) is 0 Å². The van der Waals surface area contributed by atoms with Gasteiger partial charge in [0.25, 0.3) is 0 Å². The molecule has 1 aromatic heterocycles. The fourth-order valence-corrected chi connectivity index (χ4v) is 2.79. The van der Waals surface area contributed by atoms with Crippen LogP contribution < -0.4 is 10.6 Å². The molecule has 27 heavy (non-hydrogen) atoms. The number of hydrogen-bond donors (Lipinski definition) is 2. The number of benzene rings is 2. The SMILES string of the molecule is CN=C(NCc1ccccn1)NCc1ccccc1-c1ccc(Cl)cc1.I. The van der Waals surface area contributed by atoms with Gasteiger partial charge in [0.1, 0.15) is 0 Å². The summed E-state index contributed by atoms with van der Waals surface area (Å²) in [5.41, 5.74) is 4.48. The van der Waals surface area contributed by atoms with E-state index >= 15 is 0 Å². The average Bonchev–Trinajstić information content (AvgIpc) is 2.70. The van der Waals surface area contributed by atoms with Gasteiger partial charge in [0.15, 0.2) is 5.96 Å². The molecule has 0 aliphatic carbocycles. The van der Waals surface area contributed by atoms with Crippen LogP contribution in [0.3, 0.4) is 0 Å². The number of pyridine rings is 1. The van der Waals surface area contributed by atoms with E-state index < -0.39 is 0 Å². The monoisotopic (exact) mass is 492 g/mol. The second-order valence-corrected chi connectivity index (χ2v) is 6.20. The molecule has 0 unspecified atom stereocenters. The fraction of sp³-hybridized carbons (Fsp3) is 0.143. The van der Waals surface area contributed by atoms with E-state index in [1.54, 1.807) is 13.2 Å². The number of aromatic nitrogens is 1. The Morgan fingerprint density at radius 3 is 2.33 bits per heavy atom. The maximum absolute atomic E-state index is 6.00. The molecular weight excluding hydrogens is 471 g/mol. The summed E-state index contributed by atoms with van der Waals surface area (Å²) < 4.78 is 0. The maximum Gasteiger partial charge on any atom is 0.191 e. The molecule has 4 nitrogen and oxygen atoms in total. The van der Waals surface area contributed by atoms with Crippen LogP contribution in [-0.2, 0) is 13.1 Å². The lowest BCUT2D eigenvalue weighted by atomic mass is 10.00. The number of rotatable bonds is 5. The zero-order valence-electron chi connectivity index (χ0n) is 15.0. The molecule has 0 aliphatic rings. The van der Waals surface area contributed by atoms with Crippen LogP contribution in [0.25, 0.3) is 11.1 Å². The Labute approximate surface area is 182 Å². The molecule has 140 valence electrons. The first-order valence-corrected chi connectivity index (χ1v) is 8.82. The first kappa shape index (κ1) is 21.2. The molecule has 3 aromatic rings. The van der Waals surface area contributed by atoms with Gasteiger partial charge in [0, 0.05) is 24.8 Å². The molecule has 0 fully saturated rings. The van der Waals surface area contributed by atoms with E-state index in [2.05, 4.69) is 32.7 Å². The van der Waals surface area contributed by atoms with Crippen molar-refractivity contribution in [2.75, 3.05) is 7.05 Å². The highest BCUT2D eigenvalue weighted by atomic mass is 127. The third-order valence-electron chi connectivity index (χ3n) is 4.01. The first-order chi connectivity index (χ1) is 12.8. The van der Waals surface area contributed by atoms with Gasteiger partial charge in [-0.25, -0.2) is 0 Å². The molecule has 2 N–H and O–H groups in total. The molecule has 0 aliphatic heterocycles. The zero-order chi connectivity index (χ0) is 18.2. The highest BCUT2D eigenvalue weighted by molar-refractivity contribution is 14.0. The zero-order valence-corrected chi connectivity index (χ0v) is 18.1. The molecule has 0 bridgehead atoms. The van der Waals surface area contributed by atoms with Gasteiger partial charge < -0.3 is 10.6 Å². The van der Waals surface area contributed by atoms with Crippen LogP contribution in [0.5, 0.6) is 0 Å². The summed E-state index contributed by atoms with van der Waals surface area (Å²) in [6.07, 6.45) is 1.79. The minimum absolute atomic E-state index is 0. The van der Waals surface area contributed by atoms with Crippen LogP contribution in [0.1, 0.15) is 11.3 Å². The molecule has 0 amide bonds. The number of aliphatic imine (C=N–C) groups is 1. The smallest absolute Gasteiger partial charge is 0.191 e. The standard InChI is InChI=1S/C21H21ClN4.HI/c1-23-21(26-15-19-7-4-5-13-24-19)25-14-17-6-2-3-8-20(17)16-9-11-18(22)12-10-16;/h2-13H,14-15H2,1H3,(H2,23,25,26);1H. The van der Waals surface area contributed by atoms with Crippen molar-refractivity contribution >= 4 is 41.5 Å². The highest BCUT2D eigenvalue weighted by Gasteiger charge is 2.06. The first-order valence-electron chi connectivity index (χ1n) is 8.44. The molecule has 0 atom stereocenters. The van der Waals surface area contributed by atoms with Crippen molar-refractivity contribution in [3.8, 4) is 11.1 Å². The molecule has 0 saturated carbocycles. The lowest BCUT2D eigenvalue weighted by Gasteiger charge is -2.14. The second kappa shape index (κ2) is 10.9. The predicted molar refractivity (Wildman–Crippen MR) is 124 cm³/mol. The summed E-state index contributed by atoms with van der Waals surface area (Å²) in [7, 11) is 1.76. The molecule has 2 aromatic carbocycles. The van der Waals surface area contributed by atoms with Crippen molar-refractivity contribution in [2.45, 2.75) is 13.1 Å². The van der Waals surface area contributed by atoms with Crippen LogP contribution in [-0.4, -0.2) is 18.0 Å². The molecule has 0 radical (unpaired) electrons. The summed E-state index contributed by atoms with van der Waals surface area (Å²) in [5, 5.41) is 7.38. The molecule has 3 rings (SSSR count). The lowest BCUT2D eigenvalue weighted by Crippen LogP contribution is -2.36. The number of hydrogen-bond acceptors (Lipinski definition) is 2. The van der Waals surface area contributed by atoms with E-state index in [1.165, 1.54) is 11.1 Å². The summed E-state index contributed by atoms with van der Waals surface area (Å²) in [5.74, 6) is 0.738. The fourth-order valence-electron chi connectivity index (χ4n) is 2.66. The summed E-state index contributed by atoms with van der Waals surface area (Å²) >= 11 is 6.00. The Balaban J connectivity index is 0.00000261. The van der Waals surface area contributed by atoms with Crippen molar-refractivity contribution in [3.63, 3.8) is 0 Å². The van der Waals surface area contributed by atoms with Crippen LogP contribution in [0.4, 0.5) is 0 Å². The molecule has 1 heterocycles. The Bertz CT molecular complexity index is 867. The lowest BCUT2D eigenvalue weighted by molar-refractivity contribution is 0.795. The normalized spacial score (nSPS) is 10.8. The largest absolute Gasteiger partial charge is 0.352 e. The topological polar surface area (TPSA) is 49.3 Å². The maximum atomic E-state index is 6.00. The van der Waals surface area contributed by atoms with Gasteiger partial charge in [-0.3, -0.25) is 9.98 Å². The van der Waals surface area contributed by atoms with Crippen LogP contribution in [0.15, 0.2) is 77.9 Å². The van der Waals surface area contributed by atoms with Gasteiger partial charge in [-0.15, -0.1) is 24.0 Å². The minimum atomic E-state index is 0. The minimum Gasteiger partial charge on any atom is -0.352 e. The van der Waals surface area contributed by atoms with Crippen LogP contribution >= 0.6 is 35.6 Å². The van der Waals surface area contributed by atoms with E-state index in [1.807, 2.05) is 54.6 Å². The van der Waals surface area contributed by atoms with E-state index in [-0.39, 0.29) is 24.0 Å². The number of halogens is 2. The molecule has 0 saturated heterocycles. The third-order valence-corrected chi connectivity index (χ3v) is 4.26. The number of guanidine groups is 1. The predicted octanol–water partition coefficient (Wildman–Crippen LogP) is 4.89. The van der Waals surface area contributed by atoms with Crippen LogP contribution in [0, 0.1) is 0 Å². The van der Waals surface area contributed by atoms with Gasteiger partial charge in [-0.1, -0.05) is 54.1 Å². The van der Waals surface area contributed by atoms with Gasteiger partial charge in [-0.05, 0) is 41.0 Å². The Hall–Kier alpha value is -2.12. The van der Waals surface area contributed by atoms with Crippen molar-refractivity contribution in [1.82, 2.24) is 15.6 Å². The average molecular weight is 493 g/mol. The van der Waals surface area contributed by atoms with Gasteiger partial charge in [0.2, 0.25) is 0 Å².